The first-order valence-electron chi connectivity index (χ1n) is 8.64. The van der Waals surface area contributed by atoms with E-state index in [0.29, 0.717) is 0 Å². The number of ether oxygens (including phenoxy) is 1. The Balaban J connectivity index is 1.75. The Hall–Kier alpha value is -1.02. The Morgan fingerprint density at radius 3 is 2.48 bits per heavy atom. The largest absolute Gasteiger partial charge is 0.494 e. The van der Waals surface area contributed by atoms with Gasteiger partial charge in [-0.25, -0.2) is 0 Å². The third kappa shape index (κ3) is 6.09. The van der Waals surface area contributed by atoms with Gasteiger partial charge < -0.3 is 10.1 Å². The number of hydrogen-bond acceptors (Lipinski definition) is 2. The zero-order valence-corrected chi connectivity index (χ0v) is 13.7. The van der Waals surface area contributed by atoms with Gasteiger partial charge in [-0.1, -0.05) is 57.7 Å². The van der Waals surface area contributed by atoms with Crippen molar-refractivity contribution in [2.45, 2.75) is 46.0 Å². The molecule has 2 rings (SSSR count). The summed E-state index contributed by atoms with van der Waals surface area (Å²) in [4.78, 5) is 0. The van der Waals surface area contributed by atoms with Crippen molar-refractivity contribution in [1.29, 1.82) is 0 Å². The molecule has 0 amide bonds. The molecule has 0 bridgehead atoms. The molecular weight excluding hydrogens is 258 g/mol. The van der Waals surface area contributed by atoms with Gasteiger partial charge in [-0.05, 0) is 49.4 Å². The van der Waals surface area contributed by atoms with Crippen molar-refractivity contribution in [3.05, 3.63) is 30.3 Å². The average Bonchev–Trinajstić information content (AvgIpc) is 3.00. The second-order valence-corrected chi connectivity index (χ2v) is 6.81. The van der Waals surface area contributed by atoms with Crippen LogP contribution in [0.5, 0.6) is 5.75 Å². The van der Waals surface area contributed by atoms with E-state index in [0.717, 1.165) is 43.2 Å². The highest BCUT2D eigenvalue weighted by Crippen LogP contribution is 2.33. The first-order chi connectivity index (χ1) is 10.3. The summed E-state index contributed by atoms with van der Waals surface area (Å²) < 4.78 is 5.90. The van der Waals surface area contributed by atoms with E-state index < -0.39 is 0 Å². The van der Waals surface area contributed by atoms with Crippen molar-refractivity contribution >= 4 is 0 Å². The van der Waals surface area contributed by atoms with E-state index in [-0.39, 0.29) is 0 Å². The van der Waals surface area contributed by atoms with Gasteiger partial charge in [0.05, 0.1) is 6.61 Å². The molecule has 0 aromatic heterocycles. The zero-order chi connectivity index (χ0) is 14.9. The molecule has 0 aliphatic heterocycles. The molecule has 2 nitrogen and oxygen atoms in total. The van der Waals surface area contributed by atoms with Crippen LogP contribution >= 0.6 is 0 Å². The summed E-state index contributed by atoms with van der Waals surface area (Å²) in [5.41, 5.74) is 0. The predicted octanol–water partition coefficient (Wildman–Crippen LogP) is 4.51. The predicted molar refractivity (Wildman–Crippen MR) is 89.7 cm³/mol. The maximum Gasteiger partial charge on any atom is 0.119 e. The van der Waals surface area contributed by atoms with Crippen molar-refractivity contribution in [2.24, 2.45) is 17.8 Å². The summed E-state index contributed by atoms with van der Waals surface area (Å²) in [6.45, 7) is 7.67. The van der Waals surface area contributed by atoms with Crippen LogP contribution in [0, 0.1) is 17.8 Å². The molecule has 2 heteroatoms. The van der Waals surface area contributed by atoms with Gasteiger partial charge in [0.15, 0.2) is 0 Å². The molecule has 1 atom stereocenters. The normalized spacial score (nSPS) is 17.3. The van der Waals surface area contributed by atoms with Crippen LogP contribution in [0.15, 0.2) is 30.3 Å². The molecule has 0 saturated heterocycles. The Bertz CT molecular complexity index is 370. The first kappa shape index (κ1) is 16.4. The van der Waals surface area contributed by atoms with E-state index in [4.69, 9.17) is 4.74 Å². The van der Waals surface area contributed by atoms with Gasteiger partial charge in [-0.2, -0.15) is 0 Å². The summed E-state index contributed by atoms with van der Waals surface area (Å²) in [7, 11) is 0. The van der Waals surface area contributed by atoms with Gasteiger partial charge in [0.2, 0.25) is 0 Å². The van der Waals surface area contributed by atoms with Crippen LogP contribution in [0.2, 0.25) is 0 Å². The summed E-state index contributed by atoms with van der Waals surface area (Å²) in [5, 5.41) is 3.65. The minimum Gasteiger partial charge on any atom is -0.494 e. The third-order valence-corrected chi connectivity index (χ3v) is 4.53. The monoisotopic (exact) mass is 289 g/mol. The fourth-order valence-corrected chi connectivity index (χ4v) is 3.34. The van der Waals surface area contributed by atoms with Crippen molar-refractivity contribution in [1.82, 2.24) is 5.32 Å². The summed E-state index contributed by atoms with van der Waals surface area (Å²) in [5.74, 6) is 3.41. The minimum absolute atomic E-state index is 0.731. The number of benzene rings is 1. The number of hydrogen-bond donors (Lipinski definition) is 1. The van der Waals surface area contributed by atoms with E-state index in [1.54, 1.807) is 0 Å². The zero-order valence-electron chi connectivity index (χ0n) is 13.7. The lowest BCUT2D eigenvalue weighted by Crippen LogP contribution is -2.31. The Morgan fingerprint density at radius 2 is 1.81 bits per heavy atom. The SMILES string of the molecule is CC(C)CNCC(CCOc1ccccc1)C1CCCC1. The number of nitrogens with one attached hydrogen (secondary N) is 1. The van der Waals surface area contributed by atoms with Crippen LogP contribution in [0.25, 0.3) is 0 Å². The van der Waals surface area contributed by atoms with E-state index in [1.165, 1.54) is 32.1 Å². The molecule has 1 aliphatic carbocycles. The lowest BCUT2D eigenvalue weighted by molar-refractivity contribution is 0.228. The van der Waals surface area contributed by atoms with Crippen molar-refractivity contribution in [2.75, 3.05) is 19.7 Å². The molecule has 0 heterocycles. The molecule has 0 spiro atoms. The molecule has 1 unspecified atom stereocenters. The van der Waals surface area contributed by atoms with E-state index in [2.05, 4.69) is 19.2 Å². The van der Waals surface area contributed by atoms with Crippen molar-refractivity contribution in [3.63, 3.8) is 0 Å². The molecule has 1 fully saturated rings. The van der Waals surface area contributed by atoms with Crippen LogP contribution in [0.4, 0.5) is 0 Å². The standard InChI is InChI=1S/C19H31NO/c1-16(2)14-20-15-18(17-8-6-7-9-17)12-13-21-19-10-4-3-5-11-19/h3-5,10-11,16-18,20H,6-9,12-15H2,1-2H3. The van der Waals surface area contributed by atoms with Gasteiger partial charge in [-0.15, -0.1) is 0 Å². The third-order valence-electron chi connectivity index (χ3n) is 4.53. The van der Waals surface area contributed by atoms with Crippen molar-refractivity contribution < 1.29 is 4.74 Å². The highest BCUT2D eigenvalue weighted by molar-refractivity contribution is 5.20. The lowest BCUT2D eigenvalue weighted by atomic mass is 9.88. The summed E-state index contributed by atoms with van der Waals surface area (Å²) in [6.07, 6.45) is 6.85. The summed E-state index contributed by atoms with van der Waals surface area (Å²) in [6, 6.07) is 10.2. The van der Waals surface area contributed by atoms with Crippen LogP contribution < -0.4 is 10.1 Å². The molecule has 1 aromatic rings. The maximum atomic E-state index is 5.90. The Kier molecular flexibility index (Phi) is 7.08. The smallest absolute Gasteiger partial charge is 0.119 e. The van der Waals surface area contributed by atoms with Gasteiger partial charge in [0, 0.05) is 0 Å². The second-order valence-electron chi connectivity index (χ2n) is 6.81. The van der Waals surface area contributed by atoms with Crippen molar-refractivity contribution in [3.8, 4) is 5.75 Å². The van der Waals surface area contributed by atoms with E-state index in [9.17, 15) is 0 Å². The quantitative estimate of drug-likeness (QED) is 0.722. The molecule has 118 valence electrons. The molecule has 1 saturated carbocycles. The molecule has 0 radical (unpaired) electrons. The highest BCUT2D eigenvalue weighted by atomic mass is 16.5. The first-order valence-corrected chi connectivity index (χ1v) is 8.64. The highest BCUT2D eigenvalue weighted by Gasteiger charge is 2.24. The summed E-state index contributed by atoms with van der Waals surface area (Å²) >= 11 is 0. The Morgan fingerprint density at radius 1 is 1.10 bits per heavy atom. The second kappa shape index (κ2) is 9.09. The molecular formula is C19H31NO. The van der Waals surface area contributed by atoms with Crippen LogP contribution in [0.3, 0.4) is 0 Å². The molecule has 21 heavy (non-hydrogen) atoms. The van der Waals surface area contributed by atoms with Crippen LogP contribution in [0.1, 0.15) is 46.0 Å². The van der Waals surface area contributed by atoms with Gasteiger partial charge in [-0.3, -0.25) is 0 Å². The maximum absolute atomic E-state index is 5.90. The van der Waals surface area contributed by atoms with Gasteiger partial charge in [0.1, 0.15) is 5.75 Å². The topological polar surface area (TPSA) is 21.3 Å². The number of rotatable bonds is 9. The fraction of sp³-hybridized carbons (Fsp3) is 0.684. The minimum atomic E-state index is 0.731. The van der Waals surface area contributed by atoms with E-state index >= 15 is 0 Å². The van der Waals surface area contributed by atoms with Gasteiger partial charge >= 0.3 is 0 Å². The van der Waals surface area contributed by atoms with E-state index in [1.807, 2.05) is 30.3 Å². The lowest BCUT2D eigenvalue weighted by Gasteiger charge is -2.24. The van der Waals surface area contributed by atoms with Crippen LogP contribution in [-0.4, -0.2) is 19.7 Å². The fourth-order valence-electron chi connectivity index (χ4n) is 3.34. The molecule has 1 aromatic carbocycles. The molecule has 1 N–H and O–H groups in total. The Labute approximate surface area is 130 Å². The number of para-hydroxylation sites is 1. The average molecular weight is 289 g/mol. The van der Waals surface area contributed by atoms with Gasteiger partial charge in [0.25, 0.3) is 0 Å². The van der Waals surface area contributed by atoms with Crippen LogP contribution in [-0.2, 0) is 0 Å². The molecule has 1 aliphatic rings.